The molecule has 1 N–H and O–H groups in total. The number of carbonyl (C=O) groups is 1. The Morgan fingerprint density at radius 3 is 2.55 bits per heavy atom. The van der Waals surface area contributed by atoms with Gasteiger partial charge in [-0.05, 0) is 44.8 Å². The van der Waals surface area contributed by atoms with E-state index in [2.05, 4.69) is 20.1 Å². The zero-order valence-electron chi connectivity index (χ0n) is 13.7. The van der Waals surface area contributed by atoms with Crippen molar-refractivity contribution in [2.45, 2.75) is 13.0 Å². The molecule has 1 aromatic heterocycles. The van der Waals surface area contributed by atoms with Gasteiger partial charge in [0.05, 0.1) is 0 Å². The molecule has 1 aromatic rings. The van der Waals surface area contributed by atoms with Crippen LogP contribution in [0.1, 0.15) is 12.0 Å². The molecule has 0 saturated carbocycles. The van der Waals surface area contributed by atoms with E-state index in [9.17, 15) is 4.79 Å². The van der Waals surface area contributed by atoms with Crippen LogP contribution in [0, 0.1) is 0 Å². The van der Waals surface area contributed by atoms with Gasteiger partial charge in [-0.1, -0.05) is 0 Å². The van der Waals surface area contributed by atoms with E-state index in [1.807, 2.05) is 43.5 Å². The summed E-state index contributed by atoms with van der Waals surface area (Å²) in [6.07, 6.45) is 4.64. The fourth-order valence-corrected chi connectivity index (χ4v) is 2.56. The van der Waals surface area contributed by atoms with Crippen LogP contribution < -0.4 is 5.32 Å². The predicted molar refractivity (Wildman–Crippen MR) is 87.7 cm³/mol. The smallest absolute Gasteiger partial charge is 0.317 e. The standard InChI is InChI=1S/C16H27N5O/c1-19(2)9-3-6-18-16(22)21-12-10-20(11-13-21)14-15-4-7-17-8-5-15/h4-5,7-8H,3,6,9-14H2,1-2H3,(H,18,22). The second-order valence-electron chi connectivity index (χ2n) is 6.01. The molecule has 22 heavy (non-hydrogen) atoms. The van der Waals surface area contributed by atoms with Gasteiger partial charge in [0.1, 0.15) is 0 Å². The molecular weight excluding hydrogens is 278 g/mol. The molecule has 0 spiro atoms. The molecule has 0 bridgehead atoms. The molecule has 122 valence electrons. The van der Waals surface area contributed by atoms with Crippen LogP contribution in [0.25, 0.3) is 0 Å². The summed E-state index contributed by atoms with van der Waals surface area (Å²) in [6.45, 7) is 6.12. The van der Waals surface area contributed by atoms with E-state index in [1.165, 1.54) is 5.56 Å². The van der Waals surface area contributed by atoms with Crippen LogP contribution in [0.2, 0.25) is 0 Å². The van der Waals surface area contributed by atoms with E-state index in [0.717, 1.165) is 52.2 Å². The summed E-state index contributed by atoms with van der Waals surface area (Å²) in [4.78, 5) is 22.5. The lowest BCUT2D eigenvalue weighted by Crippen LogP contribution is -2.51. The van der Waals surface area contributed by atoms with E-state index in [1.54, 1.807) is 0 Å². The number of nitrogens with zero attached hydrogens (tertiary/aromatic N) is 4. The number of aromatic nitrogens is 1. The van der Waals surface area contributed by atoms with E-state index in [4.69, 9.17) is 0 Å². The van der Waals surface area contributed by atoms with Crippen LogP contribution in [0.15, 0.2) is 24.5 Å². The van der Waals surface area contributed by atoms with Gasteiger partial charge in [0.25, 0.3) is 0 Å². The van der Waals surface area contributed by atoms with E-state index < -0.39 is 0 Å². The average molecular weight is 305 g/mol. The number of rotatable bonds is 6. The molecule has 0 atom stereocenters. The fraction of sp³-hybridized carbons (Fsp3) is 0.625. The Balaban J connectivity index is 1.65. The van der Waals surface area contributed by atoms with Gasteiger partial charge in [-0.15, -0.1) is 0 Å². The van der Waals surface area contributed by atoms with Gasteiger partial charge in [-0.3, -0.25) is 9.88 Å². The number of nitrogens with one attached hydrogen (secondary N) is 1. The Bertz CT molecular complexity index is 443. The maximum Gasteiger partial charge on any atom is 0.317 e. The molecule has 1 saturated heterocycles. The Hall–Kier alpha value is -1.66. The van der Waals surface area contributed by atoms with Crippen molar-refractivity contribution < 1.29 is 4.79 Å². The lowest BCUT2D eigenvalue weighted by Gasteiger charge is -2.34. The minimum Gasteiger partial charge on any atom is -0.338 e. The quantitative estimate of drug-likeness (QED) is 0.792. The van der Waals surface area contributed by atoms with Gasteiger partial charge in [-0.2, -0.15) is 0 Å². The number of amides is 2. The minimum atomic E-state index is 0.0716. The molecule has 2 heterocycles. The molecule has 1 fully saturated rings. The lowest BCUT2D eigenvalue weighted by molar-refractivity contribution is 0.135. The average Bonchev–Trinajstić information content (AvgIpc) is 2.53. The molecule has 0 aliphatic carbocycles. The maximum absolute atomic E-state index is 12.1. The normalized spacial score (nSPS) is 16.0. The summed E-state index contributed by atoms with van der Waals surface area (Å²) in [7, 11) is 4.09. The third-order valence-electron chi connectivity index (χ3n) is 3.87. The highest BCUT2D eigenvalue weighted by molar-refractivity contribution is 5.74. The highest BCUT2D eigenvalue weighted by Crippen LogP contribution is 2.07. The molecule has 2 amide bonds. The van der Waals surface area contributed by atoms with Crippen LogP contribution in [0.5, 0.6) is 0 Å². The number of piperazine rings is 1. The molecule has 0 radical (unpaired) electrons. The molecule has 6 nitrogen and oxygen atoms in total. The second kappa shape index (κ2) is 8.70. The second-order valence-corrected chi connectivity index (χ2v) is 6.01. The highest BCUT2D eigenvalue weighted by Gasteiger charge is 2.20. The highest BCUT2D eigenvalue weighted by atomic mass is 16.2. The van der Waals surface area contributed by atoms with Gasteiger partial charge in [0.2, 0.25) is 0 Å². The molecule has 2 rings (SSSR count). The van der Waals surface area contributed by atoms with Crippen molar-refractivity contribution in [3.8, 4) is 0 Å². The van der Waals surface area contributed by atoms with Crippen LogP contribution in [-0.2, 0) is 6.54 Å². The van der Waals surface area contributed by atoms with E-state index in [-0.39, 0.29) is 6.03 Å². The van der Waals surface area contributed by atoms with Crippen LogP contribution in [-0.4, -0.2) is 79.1 Å². The number of hydrogen-bond donors (Lipinski definition) is 1. The summed E-state index contributed by atoms with van der Waals surface area (Å²) in [6, 6.07) is 4.16. The summed E-state index contributed by atoms with van der Waals surface area (Å²) in [5.74, 6) is 0. The Kier molecular flexibility index (Phi) is 6.61. The Labute approximate surface area is 133 Å². The monoisotopic (exact) mass is 305 g/mol. The summed E-state index contributed by atoms with van der Waals surface area (Å²) < 4.78 is 0. The minimum absolute atomic E-state index is 0.0716. The van der Waals surface area contributed by atoms with E-state index in [0.29, 0.717) is 0 Å². The Morgan fingerprint density at radius 2 is 1.91 bits per heavy atom. The molecule has 1 aliphatic heterocycles. The van der Waals surface area contributed by atoms with E-state index >= 15 is 0 Å². The van der Waals surface area contributed by atoms with Crippen molar-refractivity contribution in [2.24, 2.45) is 0 Å². The molecule has 0 aromatic carbocycles. The van der Waals surface area contributed by atoms with Gasteiger partial charge in [0.15, 0.2) is 0 Å². The molecule has 0 unspecified atom stereocenters. The fourth-order valence-electron chi connectivity index (χ4n) is 2.56. The van der Waals surface area contributed by atoms with Crippen LogP contribution in [0.4, 0.5) is 4.79 Å². The molecule has 6 heteroatoms. The Morgan fingerprint density at radius 1 is 1.23 bits per heavy atom. The maximum atomic E-state index is 12.1. The van der Waals surface area contributed by atoms with Crippen LogP contribution >= 0.6 is 0 Å². The SMILES string of the molecule is CN(C)CCCNC(=O)N1CCN(Cc2ccncc2)CC1. The van der Waals surface area contributed by atoms with Gasteiger partial charge >= 0.3 is 6.03 Å². The van der Waals surface area contributed by atoms with Crippen LogP contribution in [0.3, 0.4) is 0 Å². The van der Waals surface area contributed by atoms with Gasteiger partial charge in [0, 0.05) is 51.7 Å². The molecular formula is C16H27N5O. The van der Waals surface area contributed by atoms with Crippen molar-refractivity contribution in [1.82, 2.24) is 25.0 Å². The first-order valence-electron chi connectivity index (χ1n) is 7.94. The zero-order chi connectivity index (χ0) is 15.8. The van der Waals surface area contributed by atoms with Crippen molar-refractivity contribution in [2.75, 3.05) is 53.4 Å². The first-order chi connectivity index (χ1) is 10.6. The van der Waals surface area contributed by atoms with Crippen molar-refractivity contribution in [3.63, 3.8) is 0 Å². The number of pyridine rings is 1. The lowest BCUT2D eigenvalue weighted by atomic mass is 10.2. The summed E-state index contributed by atoms with van der Waals surface area (Å²) in [5.41, 5.74) is 1.27. The van der Waals surface area contributed by atoms with Gasteiger partial charge < -0.3 is 15.1 Å². The predicted octanol–water partition coefficient (Wildman–Crippen LogP) is 0.861. The topological polar surface area (TPSA) is 51.7 Å². The van der Waals surface area contributed by atoms with Crippen molar-refractivity contribution >= 4 is 6.03 Å². The third kappa shape index (κ3) is 5.61. The third-order valence-corrected chi connectivity index (χ3v) is 3.87. The largest absolute Gasteiger partial charge is 0.338 e. The number of hydrogen-bond acceptors (Lipinski definition) is 4. The first-order valence-corrected chi connectivity index (χ1v) is 7.94. The van der Waals surface area contributed by atoms with Crippen molar-refractivity contribution in [1.29, 1.82) is 0 Å². The van der Waals surface area contributed by atoms with Gasteiger partial charge in [-0.25, -0.2) is 4.79 Å². The summed E-state index contributed by atoms with van der Waals surface area (Å²) in [5, 5.41) is 3.01. The first kappa shape index (κ1) is 16.7. The number of urea groups is 1. The van der Waals surface area contributed by atoms with Crippen molar-refractivity contribution in [3.05, 3.63) is 30.1 Å². The summed E-state index contributed by atoms with van der Waals surface area (Å²) >= 11 is 0. The zero-order valence-corrected chi connectivity index (χ0v) is 13.7. The number of carbonyl (C=O) groups excluding carboxylic acids is 1. The molecule has 1 aliphatic rings.